The molecule has 1 aliphatic rings. The van der Waals surface area contributed by atoms with Crippen molar-refractivity contribution in [3.05, 3.63) is 74.4 Å². The number of furan rings is 1. The molecular formula is C27H35N3O6S. The van der Waals surface area contributed by atoms with Gasteiger partial charge in [-0.05, 0) is 55.5 Å². The maximum Gasteiger partial charge on any atom is 0.253 e. The molecule has 4 rings (SSSR count). The van der Waals surface area contributed by atoms with E-state index in [0.717, 1.165) is 31.3 Å². The normalized spacial score (nSPS) is 16.6. The van der Waals surface area contributed by atoms with Crippen molar-refractivity contribution in [1.29, 1.82) is 0 Å². The molecule has 1 unspecified atom stereocenters. The van der Waals surface area contributed by atoms with Crippen molar-refractivity contribution < 1.29 is 17.6 Å². The van der Waals surface area contributed by atoms with Crippen LogP contribution < -0.4 is 26.2 Å². The Labute approximate surface area is 217 Å². The van der Waals surface area contributed by atoms with Crippen LogP contribution in [-0.2, 0) is 22.1 Å². The van der Waals surface area contributed by atoms with Crippen molar-refractivity contribution >= 4 is 21.2 Å². The molecule has 1 atom stereocenters. The van der Waals surface area contributed by atoms with Crippen LogP contribution in [0.5, 0.6) is 5.75 Å². The van der Waals surface area contributed by atoms with Crippen LogP contribution >= 0.6 is 0 Å². The van der Waals surface area contributed by atoms with Gasteiger partial charge in [0.15, 0.2) is 9.84 Å². The maximum absolute atomic E-state index is 12.2. The number of sulfone groups is 1. The van der Waals surface area contributed by atoms with Gasteiger partial charge in [0, 0.05) is 31.7 Å². The lowest BCUT2D eigenvalue weighted by Gasteiger charge is -2.30. The molecule has 1 saturated heterocycles. The number of nitrogens with zero attached hydrogens (tertiary/aromatic N) is 1. The van der Waals surface area contributed by atoms with Crippen molar-refractivity contribution in [2.24, 2.45) is 5.92 Å². The monoisotopic (exact) mass is 529 g/mol. The molecule has 0 radical (unpaired) electrons. The largest absolute Gasteiger partial charge is 0.494 e. The van der Waals surface area contributed by atoms with Gasteiger partial charge in [0.25, 0.3) is 10.9 Å². The van der Waals surface area contributed by atoms with Crippen LogP contribution in [0.1, 0.15) is 37.3 Å². The van der Waals surface area contributed by atoms with Gasteiger partial charge in [-0.25, -0.2) is 8.42 Å². The minimum Gasteiger partial charge on any atom is -0.494 e. The van der Waals surface area contributed by atoms with Gasteiger partial charge in [0.1, 0.15) is 17.1 Å². The van der Waals surface area contributed by atoms with Gasteiger partial charge >= 0.3 is 0 Å². The van der Waals surface area contributed by atoms with Crippen LogP contribution in [0, 0.1) is 5.92 Å². The number of ether oxygens (including phenoxy) is 1. The number of piperidine rings is 1. The van der Waals surface area contributed by atoms with Gasteiger partial charge in [-0.3, -0.25) is 14.5 Å². The summed E-state index contributed by atoms with van der Waals surface area (Å²) in [5.41, 5.74) is 0.924. The zero-order chi connectivity index (χ0) is 26.3. The van der Waals surface area contributed by atoms with Crippen LogP contribution in [0.4, 0.5) is 11.4 Å². The first kappa shape index (κ1) is 26.9. The second-order valence-electron chi connectivity index (χ2n) is 9.82. The molecule has 1 aliphatic heterocycles. The first-order chi connectivity index (χ1) is 17.8. The summed E-state index contributed by atoms with van der Waals surface area (Å²) in [5.74, 6) is 1.25. The Morgan fingerprint density at radius 3 is 2.59 bits per heavy atom. The molecule has 10 heteroatoms. The molecule has 200 valence electrons. The number of nitrogens with one attached hydrogen (secondary N) is 2. The van der Waals surface area contributed by atoms with Gasteiger partial charge in [-0.2, -0.15) is 0 Å². The van der Waals surface area contributed by atoms with Crippen molar-refractivity contribution in [2.75, 3.05) is 49.2 Å². The lowest BCUT2D eigenvalue weighted by atomic mass is 10.00. The SMILES string of the molecule is CC1CCCN(Cc2cccc(OCCCNc3c(NCCS(=O)(=O)Cc4ccoc4)c(=O)c3=O)c2)C1. The molecule has 0 aliphatic carbocycles. The third kappa shape index (κ3) is 7.69. The van der Waals surface area contributed by atoms with E-state index in [1.807, 2.05) is 12.1 Å². The Morgan fingerprint density at radius 2 is 1.86 bits per heavy atom. The zero-order valence-corrected chi connectivity index (χ0v) is 22.0. The van der Waals surface area contributed by atoms with E-state index in [9.17, 15) is 18.0 Å². The fraction of sp³-hybridized carbons (Fsp3) is 0.481. The highest BCUT2D eigenvalue weighted by Crippen LogP contribution is 2.20. The average molecular weight is 530 g/mol. The Morgan fingerprint density at radius 1 is 1.08 bits per heavy atom. The van der Waals surface area contributed by atoms with E-state index in [0.29, 0.717) is 25.1 Å². The third-order valence-electron chi connectivity index (χ3n) is 6.53. The summed E-state index contributed by atoms with van der Waals surface area (Å²) in [6, 6.07) is 9.74. The van der Waals surface area contributed by atoms with E-state index in [1.54, 1.807) is 6.07 Å². The Hall–Kier alpha value is -3.11. The molecule has 0 amide bonds. The zero-order valence-electron chi connectivity index (χ0n) is 21.2. The van der Waals surface area contributed by atoms with Crippen LogP contribution in [0.15, 0.2) is 56.9 Å². The molecule has 2 aromatic carbocycles. The van der Waals surface area contributed by atoms with Gasteiger partial charge in [0.2, 0.25) is 0 Å². The molecule has 0 spiro atoms. The average Bonchev–Trinajstić information content (AvgIpc) is 3.37. The molecule has 0 saturated carbocycles. The summed E-state index contributed by atoms with van der Waals surface area (Å²) in [6.07, 6.45) is 5.99. The Bertz CT molecular complexity index is 1330. The number of benzene rings is 1. The van der Waals surface area contributed by atoms with Crippen LogP contribution in [-0.4, -0.2) is 51.9 Å². The van der Waals surface area contributed by atoms with Crippen LogP contribution in [0.2, 0.25) is 0 Å². The molecule has 9 nitrogen and oxygen atoms in total. The third-order valence-corrected chi connectivity index (χ3v) is 8.13. The summed E-state index contributed by atoms with van der Waals surface area (Å²) >= 11 is 0. The molecule has 0 bridgehead atoms. The van der Waals surface area contributed by atoms with E-state index < -0.39 is 20.7 Å². The summed E-state index contributed by atoms with van der Waals surface area (Å²) in [5, 5.41) is 5.79. The number of hydrogen-bond acceptors (Lipinski definition) is 9. The fourth-order valence-corrected chi connectivity index (χ4v) is 5.89. The minimum absolute atomic E-state index is 0.0372. The minimum atomic E-state index is -3.38. The van der Waals surface area contributed by atoms with Crippen LogP contribution in [0.3, 0.4) is 0 Å². The van der Waals surface area contributed by atoms with Gasteiger partial charge in [-0.15, -0.1) is 0 Å². The Kier molecular flexibility index (Phi) is 9.04. The maximum atomic E-state index is 12.2. The van der Waals surface area contributed by atoms with Crippen molar-refractivity contribution in [3.8, 4) is 5.75 Å². The van der Waals surface area contributed by atoms with E-state index >= 15 is 0 Å². The van der Waals surface area contributed by atoms with Gasteiger partial charge < -0.3 is 19.8 Å². The molecular weight excluding hydrogens is 494 g/mol. The molecule has 3 aromatic rings. The summed E-state index contributed by atoms with van der Waals surface area (Å²) in [7, 11) is -3.38. The number of rotatable bonds is 14. The summed E-state index contributed by atoms with van der Waals surface area (Å²) in [6.45, 7) is 6.44. The van der Waals surface area contributed by atoms with Crippen molar-refractivity contribution in [3.63, 3.8) is 0 Å². The number of likely N-dealkylation sites (tertiary alicyclic amines) is 1. The van der Waals surface area contributed by atoms with Crippen LogP contribution in [0.25, 0.3) is 0 Å². The highest BCUT2D eigenvalue weighted by atomic mass is 32.2. The topological polar surface area (TPSA) is 118 Å². The van der Waals surface area contributed by atoms with E-state index in [2.05, 4.69) is 34.6 Å². The Balaban J connectivity index is 1.18. The fourth-order valence-electron chi connectivity index (χ4n) is 4.66. The lowest BCUT2D eigenvalue weighted by Crippen LogP contribution is -2.38. The van der Waals surface area contributed by atoms with Crippen molar-refractivity contribution in [2.45, 2.75) is 38.5 Å². The first-order valence-electron chi connectivity index (χ1n) is 12.8. The van der Waals surface area contributed by atoms with E-state index in [-0.39, 0.29) is 29.4 Å². The summed E-state index contributed by atoms with van der Waals surface area (Å²) < 4.78 is 35.2. The van der Waals surface area contributed by atoms with E-state index in [1.165, 1.54) is 30.9 Å². The summed E-state index contributed by atoms with van der Waals surface area (Å²) in [4.78, 5) is 26.4. The highest BCUT2D eigenvalue weighted by molar-refractivity contribution is 7.90. The first-order valence-corrected chi connectivity index (χ1v) is 14.6. The van der Waals surface area contributed by atoms with Crippen molar-refractivity contribution in [1.82, 2.24) is 4.90 Å². The van der Waals surface area contributed by atoms with Gasteiger partial charge in [0.05, 0.1) is 30.6 Å². The number of hydrogen-bond donors (Lipinski definition) is 2. The number of anilines is 2. The predicted molar refractivity (Wildman–Crippen MR) is 145 cm³/mol. The molecule has 1 aromatic heterocycles. The quantitative estimate of drug-likeness (QED) is 0.240. The second kappa shape index (κ2) is 12.4. The molecule has 2 heterocycles. The predicted octanol–water partition coefficient (Wildman–Crippen LogP) is 3.02. The molecule has 37 heavy (non-hydrogen) atoms. The highest BCUT2D eigenvalue weighted by Gasteiger charge is 2.21. The molecule has 1 fully saturated rings. The van der Waals surface area contributed by atoms with E-state index in [4.69, 9.17) is 9.15 Å². The standard InChI is InChI=1S/C27H35N3O6S/c1-20-5-3-11-30(16-20)17-21-6-2-7-23(15-21)36-12-4-9-28-24-25(27(32)26(24)31)29-10-14-37(33,34)19-22-8-13-35-18-22/h2,6-8,13,15,18,20,28-29H,3-5,9-12,14,16-17,19H2,1H3. The second-order valence-corrected chi connectivity index (χ2v) is 12.0. The van der Waals surface area contributed by atoms with Gasteiger partial charge in [-0.1, -0.05) is 19.1 Å². The lowest BCUT2D eigenvalue weighted by molar-refractivity contribution is 0.176. The smallest absolute Gasteiger partial charge is 0.253 e. The molecule has 2 N–H and O–H groups in total.